The second kappa shape index (κ2) is 6.78. The summed E-state index contributed by atoms with van der Waals surface area (Å²) in [6.45, 7) is 5.25. The number of hydrogen-bond donors (Lipinski definition) is 2. The Kier molecular flexibility index (Phi) is 5.63. The first-order chi connectivity index (χ1) is 8.85. The van der Waals surface area contributed by atoms with E-state index in [4.69, 9.17) is 21.4 Å². The highest BCUT2D eigenvalue weighted by molar-refractivity contribution is 6.30. The van der Waals surface area contributed by atoms with Crippen molar-refractivity contribution >= 4 is 17.5 Å². The van der Waals surface area contributed by atoms with Gasteiger partial charge in [-0.15, -0.1) is 0 Å². The summed E-state index contributed by atoms with van der Waals surface area (Å²) in [5.74, 6) is 0.316. The molecule has 0 aliphatic carbocycles. The van der Waals surface area contributed by atoms with Gasteiger partial charge in [-0.3, -0.25) is 4.79 Å². The van der Waals surface area contributed by atoms with Crippen LogP contribution in [-0.4, -0.2) is 29.3 Å². The largest absolute Gasteiger partial charge is 0.478 e. The van der Waals surface area contributed by atoms with Gasteiger partial charge in [0.05, 0.1) is 0 Å². The second-order valence-corrected chi connectivity index (χ2v) is 5.39. The van der Waals surface area contributed by atoms with E-state index in [1.54, 1.807) is 38.1 Å². The Balaban J connectivity index is 2.66. The number of aliphatic hydroxyl groups excluding tert-OH is 1. The SMILES string of the molecule is C[C@H](CCO)NC(=O)C(C)(C)Oc1cccc(Cl)c1. The molecular weight excluding hydrogens is 266 g/mol. The van der Waals surface area contributed by atoms with Gasteiger partial charge in [-0.05, 0) is 45.4 Å². The first-order valence-corrected chi connectivity index (χ1v) is 6.59. The van der Waals surface area contributed by atoms with E-state index in [2.05, 4.69) is 5.32 Å². The molecule has 19 heavy (non-hydrogen) atoms. The predicted molar refractivity (Wildman–Crippen MR) is 75.5 cm³/mol. The average Bonchev–Trinajstić information content (AvgIpc) is 2.28. The van der Waals surface area contributed by atoms with Crippen molar-refractivity contribution in [2.45, 2.75) is 38.8 Å². The molecule has 0 radical (unpaired) electrons. The van der Waals surface area contributed by atoms with E-state index in [-0.39, 0.29) is 18.6 Å². The molecule has 0 saturated carbocycles. The molecule has 0 fully saturated rings. The van der Waals surface area contributed by atoms with Gasteiger partial charge in [-0.2, -0.15) is 0 Å². The van der Waals surface area contributed by atoms with Crippen LogP contribution in [0.25, 0.3) is 0 Å². The van der Waals surface area contributed by atoms with Gasteiger partial charge in [0.15, 0.2) is 5.60 Å². The topological polar surface area (TPSA) is 58.6 Å². The van der Waals surface area contributed by atoms with E-state index in [0.29, 0.717) is 17.2 Å². The number of halogens is 1. The molecule has 4 nitrogen and oxygen atoms in total. The first-order valence-electron chi connectivity index (χ1n) is 6.21. The second-order valence-electron chi connectivity index (χ2n) is 4.96. The third kappa shape index (κ3) is 5.09. The molecule has 0 saturated heterocycles. The molecule has 2 N–H and O–H groups in total. The maximum absolute atomic E-state index is 12.1. The molecule has 1 aromatic rings. The number of benzene rings is 1. The van der Waals surface area contributed by atoms with Gasteiger partial charge >= 0.3 is 0 Å². The summed E-state index contributed by atoms with van der Waals surface area (Å²) in [5.41, 5.74) is -1.01. The zero-order chi connectivity index (χ0) is 14.5. The summed E-state index contributed by atoms with van der Waals surface area (Å²) in [6, 6.07) is 6.82. The van der Waals surface area contributed by atoms with Crippen molar-refractivity contribution in [3.8, 4) is 5.75 Å². The van der Waals surface area contributed by atoms with Crippen molar-refractivity contribution < 1.29 is 14.6 Å². The quantitative estimate of drug-likeness (QED) is 0.844. The summed E-state index contributed by atoms with van der Waals surface area (Å²) in [7, 11) is 0. The fourth-order valence-electron chi connectivity index (χ4n) is 1.53. The highest BCUT2D eigenvalue weighted by Crippen LogP contribution is 2.22. The Labute approximate surface area is 118 Å². The van der Waals surface area contributed by atoms with Crippen LogP contribution in [0.4, 0.5) is 0 Å². The molecule has 0 spiro atoms. The lowest BCUT2D eigenvalue weighted by Gasteiger charge is -2.27. The lowest BCUT2D eigenvalue weighted by Crippen LogP contribution is -2.49. The van der Waals surface area contributed by atoms with Crippen LogP contribution in [0.3, 0.4) is 0 Å². The van der Waals surface area contributed by atoms with Crippen molar-refractivity contribution in [3.05, 3.63) is 29.3 Å². The van der Waals surface area contributed by atoms with E-state index in [0.717, 1.165) is 0 Å². The number of aliphatic hydroxyl groups is 1. The maximum Gasteiger partial charge on any atom is 0.263 e. The minimum atomic E-state index is -1.01. The van der Waals surface area contributed by atoms with Crippen LogP contribution in [-0.2, 0) is 4.79 Å². The number of ether oxygens (including phenoxy) is 1. The van der Waals surface area contributed by atoms with E-state index in [1.807, 2.05) is 6.92 Å². The Hall–Kier alpha value is -1.26. The molecule has 5 heteroatoms. The van der Waals surface area contributed by atoms with Gasteiger partial charge in [-0.1, -0.05) is 17.7 Å². The van der Waals surface area contributed by atoms with Crippen LogP contribution < -0.4 is 10.1 Å². The van der Waals surface area contributed by atoms with Crippen molar-refractivity contribution in [3.63, 3.8) is 0 Å². The molecule has 0 aliphatic rings. The normalized spacial score (nSPS) is 12.9. The zero-order valence-electron chi connectivity index (χ0n) is 11.4. The molecule has 1 atom stereocenters. The standard InChI is InChI=1S/C14H20ClNO3/c1-10(7-8-17)16-13(18)14(2,3)19-12-6-4-5-11(15)9-12/h4-6,9-10,17H,7-8H2,1-3H3,(H,16,18)/t10-/m1/s1. The van der Waals surface area contributed by atoms with Crippen LogP contribution >= 0.6 is 11.6 Å². The lowest BCUT2D eigenvalue weighted by molar-refractivity contribution is -0.134. The third-order valence-corrected chi connectivity index (χ3v) is 2.89. The summed E-state index contributed by atoms with van der Waals surface area (Å²) < 4.78 is 5.66. The van der Waals surface area contributed by atoms with Gasteiger partial charge in [0.25, 0.3) is 5.91 Å². The fraction of sp³-hybridized carbons (Fsp3) is 0.500. The molecule has 1 rings (SSSR count). The number of carbonyl (C=O) groups is 1. The van der Waals surface area contributed by atoms with Crippen LogP contribution in [0.5, 0.6) is 5.75 Å². The number of rotatable bonds is 6. The monoisotopic (exact) mass is 285 g/mol. The first kappa shape index (κ1) is 15.8. The Morgan fingerprint density at radius 2 is 2.21 bits per heavy atom. The maximum atomic E-state index is 12.1. The van der Waals surface area contributed by atoms with Gasteiger partial charge < -0.3 is 15.2 Å². The molecule has 0 unspecified atom stereocenters. The van der Waals surface area contributed by atoms with Crippen LogP contribution in [0.15, 0.2) is 24.3 Å². The lowest BCUT2D eigenvalue weighted by atomic mass is 10.1. The Morgan fingerprint density at radius 1 is 1.53 bits per heavy atom. The highest BCUT2D eigenvalue weighted by atomic mass is 35.5. The van der Waals surface area contributed by atoms with Crippen molar-refractivity contribution in [1.29, 1.82) is 0 Å². The van der Waals surface area contributed by atoms with Gasteiger partial charge in [0.1, 0.15) is 5.75 Å². The van der Waals surface area contributed by atoms with Crippen molar-refractivity contribution in [1.82, 2.24) is 5.32 Å². The van der Waals surface area contributed by atoms with Crippen LogP contribution in [0, 0.1) is 0 Å². The highest BCUT2D eigenvalue weighted by Gasteiger charge is 2.30. The van der Waals surface area contributed by atoms with Crippen molar-refractivity contribution in [2.75, 3.05) is 6.61 Å². The van der Waals surface area contributed by atoms with Crippen molar-refractivity contribution in [2.24, 2.45) is 0 Å². The predicted octanol–water partition coefficient (Wildman–Crippen LogP) is 2.38. The van der Waals surface area contributed by atoms with E-state index in [9.17, 15) is 4.79 Å². The van der Waals surface area contributed by atoms with Crippen LogP contribution in [0.1, 0.15) is 27.2 Å². The number of hydrogen-bond acceptors (Lipinski definition) is 3. The molecular formula is C14H20ClNO3. The fourth-order valence-corrected chi connectivity index (χ4v) is 1.72. The molecule has 0 aliphatic heterocycles. The van der Waals surface area contributed by atoms with E-state index >= 15 is 0 Å². The molecule has 0 aromatic heterocycles. The third-order valence-electron chi connectivity index (χ3n) is 2.66. The summed E-state index contributed by atoms with van der Waals surface area (Å²) in [4.78, 5) is 12.1. The molecule has 106 valence electrons. The number of amides is 1. The molecule has 0 heterocycles. The molecule has 1 aromatic carbocycles. The van der Waals surface area contributed by atoms with E-state index < -0.39 is 5.60 Å². The summed E-state index contributed by atoms with van der Waals surface area (Å²) >= 11 is 5.87. The molecule has 1 amide bonds. The zero-order valence-corrected chi connectivity index (χ0v) is 12.2. The number of carbonyl (C=O) groups excluding carboxylic acids is 1. The smallest absolute Gasteiger partial charge is 0.263 e. The minimum absolute atomic E-state index is 0.0387. The van der Waals surface area contributed by atoms with E-state index in [1.165, 1.54) is 0 Å². The van der Waals surface area contributed by atoms with Crippen LogP contribution in [0.2, 0.25) is 5.02 Å². The van der Waals surface area contributed by atoms with Gasteiger partial charge in [-0.25, -0.2) is 0 Å². The van der Waals surface area contributed by atoms with Gasteiger partial charge in [0.2, 0.25) is 0 Å². The average molecular weight is 286 g/mol. The number of nitrogens with one attached hydrogen (secondary N) is 1. The minimum Gasteiger partial charge on any atom is -0.478 e. The molecule has 0 bridgehead atoms. The Bertz CT molecular complexity index is 434. The summed E-state index contributed by atoms with van der Waals surface area (Å²) in [5, 5.41) is 12.2. The Morgan fingerprint density at radius 3 is 2.79 bits per heavy atom. The van der Waals surface area contributed by atoms with Gasteiger partial charge in [0, 0.05) is 17.7 Å². The summed E-state index contributed by atoms with van der Waals surface area (Å²) in [6.07, 6.45) is 0.513.